The molecule has 0 heterocycles. The lowest BCUT2D eigenvalue weighted by atomic mass is 9.97. The summed E-state index contributed by atoms with van der Waals surface area (Å²) in [4.78, 5) is 0. The van der Waals surface area contributed by atoms with Crippen molar-refractivity contribution in [1.29, 1.82) is 0 Å². The molecule has 14 heavy (non-hydrogen) atoms. The predicted molar refractivity (Wildman–Crippen MR) is 66.8 cm³/mol. The second kappa shape index (κ2) is 5.17. The first-order valence-electron chi connectivity index (χ1n) is 4.74. The highest BCUT2D eigenvalue weighted by Crippen LogP contribution is 2.36. The van der Waals surface area contributed by atoms with Crippen LogP contribution in [0, 0.1) is 0 Å². The molecular weight excluding hydrogens is 308 g/mol. The van der Waals surface area contributed by atoms with Gasteiger partial charge in [0.05, 0.1) is 8.95 Å². The Morgan fingerprint density at radius 3 is 2.21 bits per heavy atom. The Morgan fingerprint density at radius 2 is 1.79 bits per heavy atom. The lowest BCUT2D eigenvalue weighted by Crippen LogP contribution is -1.93. The molecule has 1 aromatic rings. The summed E-state index contributed by atoms with van der Waals surface area (Å²) in [6.07, 6.45) is 2.35. The van der Waals surface area contributed by atoms with Crippen molar-refractivity contribution in [2.75, 3.05) is 0 Å². The normalized spacial score (nSPS) is 12.9. The Bertz CT molecular complexity index is 300. The van der Waals surface area contributed by atoms with Crippen molar-refractivity contribution in [1.82, 2.24) is 0 Å². The molecule has 0 radical (unpaired) electrons. The molecule has 3 heteroatoms. The number of phenolic OH excluding ortho intramolecular Hbond substituents is 1. The second-order valence-corrected chi connectivity index (χ2v) is 5.23. The maximum Gasteiger partial charge on any atom is 0.143 e. The van der Waals surface area contributed by atoms with Gasteiger partial charge in [0.1, 0.15) is 5.75 Å². The zero-order chi connectivity index (χ0) is 10.7. The summed E-state index contributed by atoms with van der Waals surface area (Å²) in [6, 6.07) is 3.97. The molecule has 1 atom stereocenters. The molecule has 78 valence electrons. The summed E-state index contributed by atoms with van der Waals surface area (Å²) in [7, 11) is 0. The number of aromatic hydroxyl groups is 1. The van der Waals surface area contributed by atoms with Gasteiger partial charge in [-0.15, -0.1) is 0 Å². The third kappa shape index (κ3) is 2.74. The topological polar surface area (TPSA) is 20.2 Å². The minimum absolute atomic E-state index is 0.275. The summed E-state index contributed by atoms with van der Waals surface area (Å²) in [6.45, 7) is 4.38. The van der Waals surface area contributed by atoms with Crippen LogP contribution in [0.5, 0.6) is 5.75 Å². The Hall–Kier alpha value is -0.0200. The van der Waals surface area contributed by atoms with Crippen molar-refractivity contribution < 1.29 is 5.11 Å². The van der Waals surface area contributed by atoms with Gasteiger partial charge < -0.3 is 5.11 Å². The average molecular weight is 322 g/mol. The average Bonchev–Trinajstić information content (AvgIpc) is 2.13. The SMILES string of the molecule is CCCC(C)c1cc(Br)c(O)c(Br)c1. The van der Waals surface area contributed by atoms with Gasteiger partial charge in [-0.2, -0.15) is 0 Å². The monoisotopic (exact) mass is 320 g/mol. The van der Waals surface area contributed by atoms with Crippen molar-refractivity contribution in [2.24, 2.45) is 0 Å². The Labute approximate surface area is 102 Å². The third-order valence-electron chi connectivity index (χ3n) is 2.33. The van der Waals surface area contributed by atoms with E-state index >= 15 is 0 Å². The first kappa shape index (κ1) is 12.1. The van der Waals surface area contributed by atoms with Crippen LogP contribution in [0.25, 0.3) is 0 Å². The van der Waals surface area contributed by atoms with Gasteiger partial charge >= 0.3 is 0 Å². The summed E-state index contributed by atoms with van der Waals surface area (Å²) in [5, 5.41) is 9.55. The van der Waals surface area contributed by atoms with Gasteiger partial charge in [-0.1, -0.05) is 20.3 Å². The highest BCUT2D eigenvalue weighted by atomic mass is 79.9. The van der Waals surface area contributed by atoms with Crippen molar-refractivity contribution in [3.63, 3.8) is 0 Å². The fourth-order valence-electron chi connectivity index (χ4n) is 1.47. The third-order valence-corrected chi connectivity index (χ3v) is 3.54. The number of phenols is 1. The smallest absolute Gasteiger partial charge is 0.143 e. The van der Waals surface area contributed by atoms with Crippen LogP contribution in [0.3, 0.4) is 0 Å². The zero-order valence-electron chi connectivity index (χ0n) is 8.35. The predicted octanol–water partition coefficient (Wildman–Crippen LogP) is 4.82. The summed E-state index contributed by atoms with van der Waals surface area (Å²) >= 11 is 6.67. The van der Waals surface area contributed by atoms with Crippen LogP contribution in [-0.4, -0.2) is 5.11 Å². The van der Waals surface area contributed by atoms with E-state index in [1.807, 2.05) is 12.1 Å². The van der Waals surface area contributed by atoms with Gasteiger partial charge in [0.2, 0.25) is 0 Å². The summed E-state index contributed by atoms with van der Waals surface area (Å²) in [5.74, 6) is 0.811. The summed E-state index contributed by atoms with van der Waals surface area (Å²) < 4.78 is 1.51. The molecule has 1 aromatic carbocycles. The van der Waals surface area contributed by atoms with Gasteiger partial charge in [-0.05, 0) is 61.9 Å². The van der Waals surface area contributed by atoms with E-state index in [2.05, 4.69) is 45.7 Å². The fraction of sp³-hybridized carbons (Fsp3) is 0.455. The molecule has 0 saturated heterocycles. The van der Waals surface area contributed by atoms with Gasteiger partial charge in [-0.3, -0.25) is 0 Å². The standard InChI is InChI=1S/C11H14Br2O/c1-3-4-7(2)8-5-9(12)11(14)10(13)6-8/h5-7,14H,3-4H2,1-2H3. The number of benzene rings is 1. The quantitative estimate of drug-likeness (QED) is 0.846. The first-order valence-corrected chi connectivity index (χ1v) is 6.32. The number of halogens is 2. The van der Waals surface area contributed by atoms with Crippen LogP contribution in [0.4, 0.5) is 0 Å². The van der Waals surface area contributed by atoms with Crippen molar-refractivity contribution >= 4 is 31.9 Å². The second-order valence-electron chi connectivity index (χ2n) is 3.52. The molecule has 0 fully saturated rings. The highest BCUT2D eigenvalue weighted by molar-refractivity contribution is 9.11. The number of hydrogen-bond donors (Lipinski definition) is 1. The van der Waals surface area contributed by atoms with Gasteiger partial charge in [0, 0.05) is 0 Å². The van der Waals surface area contributed by atoms with Crippen LogP contribution in [-0.2, 0) is 0 Å². The lowest BCUT2D eigenvalue weighted by Gasteiger charge is -2.12. The fourth-order valence-corrected chi connectivity index (χ4v) is 2.69. The Morgan fingerprint density at radius 1 is 1.29 bits per heavy atom. The van der Waals surface area contributed by atoms with Crippen LogP contribution < -0.4 is 0 Å². The number of hydrogen-bond acceptors (Lipinski definition) is 1. The van der Waals surface area contributed by atoms with E-state index in [9.17, 15) is 5.11 Å². The van der Waals surface area contributed by atoms with Crippen LogP contribution in [0.2, 0.25) is 0 Å². The van der Waals surface area contributed by atoms with E-state index in [1.54, 1.807) is 0 Å². The maximum atomic E-state index is 9.55. The molecule has 1 unspecified atom stereocenters. The molecule has 0 saturated carbocycles. The Kier molecular flexibility index (Phi) is 4.45. The minimum atomic E-state index is 0.275. The molecule has 1 rings (SSSR count). The van der Waals surface area contributed by atoms with Gasteiger partial charge in [0.15, 0.2) is 0 Å². The molecule has 0 aromatic heterocycles. The van der Waals surface area contributed by atoms with Crippen LogP contribution in [0.15, 0.2) is 21.1 Å². The lowest BCUT2D eigenvalue weighted by molar-refractivity contribution is 0.468. The van der Waals surface area contributed by atoms with Crippen molar-refractivity contribution in [3.8, 4) is 5.75 Å². The highest BCUT2D eigenvalue weighted by Gasteiger charge is 2.10. The molecule has 0 amide bonds. The van der Waals surface area contributed by atoms with Crippen LogP contribution in [0.1, 0.15) is 38.2 Å². The summed E-state index contributed by atoms with van der Waals surface area (Å²) in [5.41, 5.74) is 1.25. The van der Waals surface area contributed by atoms with E-state index in [0.29, 0.717) is 5.92 Å². The largest absolute Gasteiger partial charge is 0.506 e. The molecule has 0 aliphatic carbocycles. The van der Waals surface area contributed by atoms with E-state index in [1.165, 1.54) is 18.4 Å². The van der Waals surface area contributed by atoms with E-state index in [-0.39, 0.29) is 5.75 Å². The van der Waals surface area contributed by atoms with E-state index in [0.717, 1.165) is 8.95 Å². The van der Waals surface area contributed by atoms with Gasteiger partial charge in [0.25, 0.3) is 0 Å². The molecule has 0 aliphatic rings. The van der Waals surface area contributed by atoms with Gasteiger partial charge in [-0.25, -0.2) is 0 Å². The minimum Gasteiger partial charge on any atom is -0.506 e. The zero-order valence-corrected chi connectivity index (χ0v) is 11.5. The van der Waals surface area contributed by atoms with E-state index in [4.69, 9.17) is 0 Å². The maximum absolute atomic E-state index is 9.55. The van der Waals surface area contributed by atoms with Crippen LogP contribution >= 0.6 is 31.9 Å². The molecule has 0 bridgehead atoms. The molecule has 0 aliphatic heterocycles. The first-order chi connectivity index (χ1) is 6.56. The van der Waals surface area contributed by atoms with Crippen molar-refractivity contribution in [3.05, 3.63) is 26.6 Å². The van der Waals surface area contributed by atoms with Crippen molar-refractivity contribution in [2.45, 2.75) is 32.6 Å². The molecule has 0 spiro atoms. The van der Waals surface area contributed by atoms with E-state index < -0.39 is 0 Å². The Balaban J connectivity index is 3.00. The number of rotatable bonds is 3. The molecule has 1 N–H and O–H groups in total. The molecular formula is C11H14Br2O. The molecule has 1 nitrogen and oxygen atoms in total.